The van der Waals surface area contributed by atoms with Crippen molar-refractivity contribution in [3.63, 3.8) is 0 Å². The summed E-state index contributed by atoms with van der Waals surface area (Å²) in [6.07, 6.45) is -6.71. The summed E-state index contributed by atoms with van der Waals surface area (Å²) in [5, 5.41) is 2.86. The third-order valence-corrected chi connectivity index (χ3v) is 6.60. The molecule has 1 heterocycles. The Morgan fingerprint density at radius 2 is 1.76 bits per heavy atom. The van der Waals surface area contributed by atoms with Gasteiger partial charge >= 0.3 is 12.4 Å². The summed E-state index contributed by atoms with van der Waals surface area (Å²) in [4.78, 5) is 15.4. The molecule has 1 saturated heterocycles. The van der Waals surface area contributed by atoms with Crippen LogP contribution >= 0.6 is 11.8 Å². The number of halogens is 6. The Morgan fingerprint density at radius 3 is 2.32 bits per heavy atom. The number of rotatable bonds is 5. The van der Waals surface area contributed by atoms with Crippen LogP contribution in [0, 0.1) is 0 Å². The van der Waals surface area contributed by atoms with Gasteiger partial charge in [0.25, 0.3) is 5.91 Å². The Morgan fingerprint density at radius 1 is 1.09 bits per heavy atom. The number of hydrogen-bond donors (Lipinski definition) is 1. The highest BCUT2D eigenvalue weighted by atomic mass is 32.2. The fourth-order valence-electron chi connectivity index (χ4n) is 4.25. The number of thioether (sulfide) groups is 1. The van der Waals surface area contributed by atoms with Crippen LogP contribution in [-0.2, 0) is 17.9 Å². The fraction of sp³-hybridized carbons (Fsp3) is 0.435. The number of ether oxygens (including phenoxy) is 1. The van der Waals surface area contributed by atoms with Gasteiger partial charge in [-0.1, -0.05) is 12.1 Å². The van der Waals surface area contributed by atoms with Gasteiger partial charge in [-0.3, -0.25) is 4.79 Å². The number of piperidine rings is 1. The third kappa shape index (κ3) is 5.46. The predicted octanol–water partition coefficient (Wildman–Crippen LogP) is 5.81. The molecule has 1 atom stereocenters. The van der Waals surface area contributed by atoms with Crippen LogP contribution in [0.4, 0.5) is 26.3 Å². The maximum Gasteiger partial charge on any atom is 0.416 e. The van der Waals surface area contributed by atoms with Gasteiger partial charge in [-0.05, 0) is 62.5 Å². The van der Waals surface area contributed by atoms with Crippen molar-refractivity contribution in [2.75, 3.05) is 33.5 Å². The maximum absolute atomic E-state index is 13.5. The summed E-state index contributed by atoms with van der Waals surface area (Å²) in [6, 6.07) is 6.39. The number of hydrogen-bond acceptors (Lipinski definition) is 4. The van der Waals surface area contributed by atoms with E-state index >= 15 is 0 Å². The van der Waals surface area contributed by atoms with Crippen molar-refractivity contribution in [1.82, 2.24) is 10.2 Å². The number of nitrogens with one attached hydrogen (secondary N) is 1. The Bertz CT molecular complexity index is 1030. The Hall–Kier alpha value is -2.40. The molecule has 4 nitrogen and oxygen atoms in total. The fourth-order valence-corrected chi connectivity index (χ4v) is 4.89. The summed E-state index contributed by atoms with van der Waals surface area (Å²) in [5.41, 5.74) is -2.80. The van der Waals surface area contributed by atoms with Crippen molar-refractivity contribution in [3.8, 4) is 5.75 Å². The molecule has 186 valence electrons. The van der Waals surface area contributed by atoms with Gasteiger partial charge in [0.1, 0.15) is 5.75 Å². The lowest BCUT2D eigenvalue weighted by molar-refractivity contribution is -0.138. The lowest BCUT2D eigenvalue weighted by Gasteiger charge is -2.43. The largest absolute Gasteiger partial charge is 0.496 e. The molecule has 2 aromatic carbocycles. The van der Waals surface area contributed by atoms with Crippen molar-refractivity contribution in [2.24, 2.45) is 0 Å². The third-order valence-electron chi connectivity index (χ3n) is 5.84. The quantitative estimate of drug-likeness (QED) is 0.411. The van der Waals surface area contributed by atoms with Gasteiger partial charge in [0.2, 0.25) is 0 Å². The van der Waals surface area contributed by atoms with Gasteiger partial charge in [-0.2, -0.15) is 26.3 Å². The summed E-state index contributed by atoms with van der Waals surface area (Å²) in [6.45, 7) is 0.924. The van der Waals surface area contributed by atoms with Gasteiger partial charge in [-0.15, -0.1) is 11.8 Å². The SMILES string of the molecule is COc1cc(C(F)(F)F)cc(SC)c1C(=O)NC1(c2cccc(C(F)(F)F)c2)CCCN(C)C1. The minimum absolute atomic E-state index is 0.0486. The van der Waals surface area contributed by atoms with E-state index in [1.54, 1.807) is 7.05 Å². The molecule has 34 heavy (non-hydrogen) atoms. The second-order valence-electron chi connectivity index (χ2n) is 8.21. The zero-order valence-corrected chi connectivity index (χ0v) is 19.5. The molecule has 1 fully saturated rings. The Balaban J connectivity index is 2.09. The molecule has 3 rings (SSSR count). The minimum Gasteiger partial charge on any atom is -0.496 e. The number of nitrogens with zero attached hydrogens (tertiary/aromatic N) is 1. The van der Waals surface area contributed by atoms with E-state index in [1.807, 2.05) is 4.90 Å². The van der Waals surface area contributed by atoms with E-state index in [4.69, 9.17) is 4.74 Å². The molecular weight excluding hydrogens is 482 g/mol. The van der Waals surface area contributed by atoms with Crippen molar-refractivity contribution in [2.45, 2.75) is 35.6 Å². The van der Waals surface area contributed by atoms with E-state index in [0.29, 0.717) is 19.4 Å². The molecule has 1 N–H and O–H groups in total. The van der Waals surface area contributed by atoms with E-state index < -0.39 is 34.9 Å². The highest BCUT2D eigenvalue weighted by Gasteiger charge is 2.41. The summed E-state index contributed by atoms with van der Waals surface area (Å²) < 4.78 is 85.3. The van der Waals surface area contributed by atoms with E-state index in [2.05, 4.69) is 5.32 Å². The highest BCUT2D eigenvalue weighted by molar-refractivity contribution is 7.98. The number of carbonyl (C=O) groups excluding carboxylic acids is 1. The normalized spacial score (nSPS) is 19.7. The first-order valence-corrected chi connectivity index (χ1v) is 11.6. The zero-order chi connectivity index (χ0) is 25.3. The van der Waals surface area contributed by atoms with Gasteiger partial charge in [0, 0.05) is 11.4 Å². The second kappa shape index (κ2) is 9.69. The van der Waals surface area contributed by atoms with E-state index in [9.17, 15) is 31.1 Å². The van der Waals surface area contributed by atoms with Crippen LogP contribution in [0.15, 0.2) is 41.3 Å². The zero-order valence-electron chi connectivity index (χ0n) is 18.7. The molecule has 1 amide bonds. The predicted molar refractivity (Wildman–Crippen MR) is 117 cm³/mol. The van der Waals surface area contributed by atoms with E-state index in [1.165, 1.54) is 18.4 Å². The molecule has 0 aromatic heterocycles. The Kier molecular flexibility index (Phi) is 7.47. The van der Waals surface area contributed by atoms with Crippen LogP contribution in [0.25, 0.3) is 0 Å². The highest BCUT2D eigenvalue weighted by Crippen LogP contribution is 2.40. The summed E-state index contributed by atoms with van der Waals surface area (Å²) in [5.74, 6) is -0.984. The molecule has 1 unspecified atom stereocenters. The molecule has 0 spiro atoms. The lowest BCUT2D eigenvalue weighted by Crippen LogP contribution is -2.55. The first kappa shape index (κ1) is 26.2. The average molecular weight is 507 g/mol. The molecule has 11 heteroatoms. The van der Waals surface area contributed by atoms with Crippen molar-refractivity contribution in [3.05, 3.63) is 58.7 Å². The number of benzene rings is 2. The number of amides is 1. The van der Waals surface area contributed by atoms with Gasteiger partial charge in [0.05, 0.1) is 29.3 Å². The number of likely N-dealkylation sites (N-methyl/N-ethyl adjacent to an activating group) is 1. The minimum atomic E-state index is -4.64. The molecule has 0 radical (unpaired) electrons. The summed E-state index contributed by atoms with van der Waals surface area (Å²) >= 11 is 0.947. The molecule has 0 saturated carbocycles. The monoisotopic (exact) mass is 506 g/mol. The number of carbonyl (C=O) groups is 1. The van der Waals surface area contributed by atoms with Crippen LogP contribution in [0.3, 0.4) is 0 Å². The number of likely N-dealkylation sites (tertiary alicyclic amines) is 1. The molecule has 1 aliphatic heterocycles. The first-order chi connectivity index (χ1) is 15.8. The first-order valence-electron chi connectivity index (χ1n) is 10.3. The van der Waals surface area contributed by atoms with Crippen molar-refractivity contribution in [1.29, 1.82) is 0 Å². The van der Waals surface area contributed by atoms with Gasteiger partial charge in [-0.25, -0.2) is 0 Å². The molecule has 0 aliphatic carbocycles. The molecular formula is C23H24F6N2O2S. The lowest BCUT2D eigenvalue weighted by atomic mass is 9.81. The standard InChI is InChI=1S/C23H24F6N2O2S/c1-31-9-5-8-21(13-31,14-6-4-7-15(10-14)22(24,25)26)30-20(32)19-17(33-2)11-16(23(27,28)29)12-18(19)34-3/h4,6-7,10-12H,5,8-9,13H2,1-3H3,(H,30,32). The molecule has 2 aromatic rings. The van der Waals surface area contributed by atoms with Crippen LogP contribution in [0.5, 0.6) is 5.75 Å². The second-order valence-corrected chi connectivity index (χ2v) is 9.06. The van der Waals surface area contributed by atoms with Crippen LogP contribution in [-0.4, -0.2) is 44.3 Å². The average Bonchev–Trinajstić information content (AvgIpc) is 2.76. The van der Waals surface area contributed by atoms with Crippen LogP contribution in [0.1, 0.15) is 39.9 Å². The van der Waals surface area contributed by atoms with E-state index in [0.717, 1.165) is 43.1 Å². The number of alkyl halides is 6. The Labute approximate surface area is 197 Å². The van der Waals surface area contributed by atoms with Crippen molar-refractivity contribution < 1.29 is 35.9 Å². The van der Waals surface area contributed by atoms with Crippen LogP contribution in [0.2, 0.25) is 0 Å². The smallest absolute Gasteiger partial charge is 0.416 e. The van der Waals surface area contributed by atoms with Gasteiger partial charge in [0.15, 0.2) is 0 Å². The van der Waals surface area contributed by atoms with E-state index in [-0.39, 0.29) is 28.3 Å². The van der Waals surface area contributed by atoms with Crippen molar-refractivity contribution >= 4 is 17.7 Å². The van der Waals surface area contributed by atoms with Crippen LogP contribution < -0.4 is 10.1 Å². The molecule has 1 aliphatic rings. The van der Waals surface area contributed by atoms with Gasteiger partial charge < -0.3 is 15.0 Å². The number of methoxy groups -OCH3 is 1. The molecule has 0 bridgehead atoms. The topological polar surface area (TPSA) is 41.6 Å². The summed E-state index contributed by atoms with van der Waals surface area (Å²) in [7, 11) is 2.95. The maximum atomic E-state index is 13.5.